The van der Waals surface area contributed by atoms with E-state index < -0.39 is 0 Å². The van der Waals surface area contributed by atoms with E-state index in [0.29, 0.717) is 13.0 Å². The summed E-state index contributed by atoms with van der Waals surface area (Å²) in [5.41, 5.74) is 3.35. The number of piperidine rings is 1. The van der Waals surface area contributed by atoms with E-state index in [2.05, 4.69) is 35.8 Å². The van der Waals surface area contributed by atoms with E-state index in [1.54, 1.807) is 0 Å². The first-order valence-electron chi connectivity index (χ1n) is 8.96. The molecule has 0 spiro atoms. The van der Waals surface area contributed by atoms with Gasteiger partial charge in [-0.2, -0.15) is 0 Å². The number of benzene rings is 2. The van der Waals surface area contributed by atoms with Crippen LogP contribution in [-0.2, 0) is 17.8 Å². The van der Waals surface area contributed by atoms with Crippen LogP contribution in [-0.4, -0.2) is 25.0 Å². The normalized spacial score (nSPS) is 16.4. The SMILES string of the molecule is Cc1cccc(COc2cccc(CC(=O)N[C@H]3CCCNC3)c2)c1.Cl. The van der Waals surface area contributed by atoms with Crippen LogP contribution in [0, 0.1) is 6.92 Å². The van der Waals surface area contributed by atoms with Crippen molar-refractivity contribution in [2.45, 2.75) is 38.8 Å². The Labute approximate surface area is 161 Å². The molecule has 4 nitrogen and oxygen atoms in total. The van der Waals surface area contributed by atoms with Crippen molar-refractivity contribution in [1.29, 1.82) is 0 Å². The summed E-state index contributed by atoms with van der Waals surface area (Å²) in [4.78, 5) is 12.2. The quantitative estimate of drug-likeness (QED) is 0.814. The van der Waals surface area contributed by atoms with Gasteiger partial charge in [0.05, 0.1) is 6.42 Å². The van der Waals surface area contributed by atoms with Crippen molar-refractivity contribution < 1.29 is 9.53 Å². The monoisotopic (exact) mass is 374 g/mol. The Morgan fingerprint density at radius 3 is 2.77 bits per heavy atom. The Balaban J connectivity index is 0.00000243. The average molecular weight is 375 g/mol. The Bertz CT molecular complexity index is 715. The Morgan fingerprint density at radius 1 is 1.19 bits per heavy atom. The van der Waals surface area contributed by atoms with Gasteiger partial charge >= 0.3 is 0 Å². The number of amides is 1. The molecule has 2 N–H and O–H groups in total. The number of hydrogen-bond acceptors (Lipinski definition) is 3. The maximum Gasteiger partial charge on any atom is 0.224 e. The lowest BCUT2D eigenvalue weighted by Gasteiger charge is -2.23. The van der Waals surface area contributed by atoms with Crippen LogP contribution in [0.5, 0.6) is 5.75 Å². The van der Waals surface area contributed by atoms with E-state index >= 15 is 0 Å². The number of hydrogen-bond donors (Lipinski definition) is 2. The summed E-state index contributed by atoms with van der Waals surface area (Å²) in [5.74, 6) is 0.871. The zero-order valence-electron chi connectivity index (χ0n) is 15.2. The number of rotatable bonds is 6. The van der Waals surface area contributed by atoms with Crippen LogP contribution < -0.4 is 15.4 Å². The van der Waals surface area contributed by atoms with Crippen molar-refractivity contribution in [3.8, 4) is 5.75 Å². The van der Waals surface area contributed by atoms with Gasteiger partial charge in [0.25, 0.3) is 0 Å². The molecule has 0 aromatic heterocycles. The second-order valence-corrected chi connectivity index (χ2v) is 6.71. The molecule has 140 valence electrons. The highest BCUT2D eigenvalue weighted by atomic mass is 35.5. The third kappa shape index (κ3) is 6.36. The lowest BCUT2D eigenvalue weighted by atomic mass is 10.1. The number of carbonyl (C=O) groups excluding carboxylic acids is 1. The van der Waals surface area contributed by atoms with Crippen LogP contribution in [0.25, 0.3) is 0 Å². The fourth-order valence-corrected chi connectivity index (χ4v) is 3.15. The Hall–Kier alpha value is -2.04. The highest BCUT2D eigenvalue weighted by Crippen LogP contribution is 2.16. The number of aryl methyl sites for hydroxylation is 1. The maximum absolute atomic E-state index is 12.2. The zero-order chi connectivity index (χ0) is 17.5. The predicted octanol–water partition coefficient (Wildman–Crippen LogP) is 3.41. The molecule has 1 aliphatic rings. The van der Waals surface area contributed by atoms with Gasteiger partial charge < -0.3 is 15.4 Å². The molecule has 0 saturated carbocycles. The fraction of sp³-hybridized carbons (Fsp3) is 0.381. The minimum Gasteiger partial charge on any atom is -0.489 e. The molecule has 3 rings (SSSR count). The third-order valence-electron chi connectivity index (χ3n) is 4.41. The number of nitrogens with one attached hydrogen (secondary N) is 2. The molecule has 1 amide bonds. The topological polar surface area (TPSA) is 50.4 Å². The lowest BCUT2D eigenvalue weighted by Crippen LogP contribution is -2.46. The number of halogens is 1. The van der Waals surface area contributed by atoms with Gasteiger partial charge in [-0.1, -0.05) is 42.0 Å². The van der Waals surface area contributed by atoms with Crippen molar-refractivity contribution in [3.05, 3.63) is 65.2 Å². The molecule has 26 heavy (non-hydrogen) atoms. The van der Waals surface area contributed by atoms with Gasteiger partial charge in [0, 0.05) is 12.6 Å². The fourth-order valence-electron chi connectivity index (χ4n) is 3.15. The number of carbonyl (C=O) groups is 1. The van der Waals surface area contributed by atoms with Gasteiger partial charge in [-0.25, -0.2) is 0 Å². The molecule has 0 aliphatic carbocycles. The van der Waals surface area contributed by atoms with E-state index in [9.17, 15) is 4.79 Å². The van der Waals surface area contributed by atoms with Crippen molar-refractivity contribution in [1.82, 2.24) is 10.6 Å². The molecule has 1 saturated heterocycles. The Kier molecular flexibility index (Phi) is 7.95. The number of ether oxygens (including phenoxy) is 1. The van der Waals surface area contributed by atoms with Gasteiger partial charge in [0.1, 0.15) is 12.4 Å². The van der Waals surface area contributed by atoms with Crippen LogP contribution in [0.4, 0.5) is 0 Å². The van der Waals surface area contributed by atoms with Crippen LogP contribution >= 0.6 is 12.4 Å². The van der Waals surface area contributed by atoms with Gasteiger partial charge in [-0.15, -0.1) is 12.4 Å². The smallest absolute Gasteiger partial charge is 0.224 e. The average Bonchev–Trinajstić information content (AvgIpc) is 2.61. The van der Waals surface area contributed by atoms with Gasteiger partial charge in [-0.05, 0) is 49.6 Å². The van der Waals surface area contributed by atoms with Gasteiger partial charge in [0.2, 0.25) is 5.91 Å². The van der Waals surface area contributed by atoms with Crippen LogP contribution in [0.1, 0.15) is 29.5 Å². The summed E-state index contributed by atoms with van der Waals surface area (Å²) >= 11 is 0. The third-order valence-corrected chi connectivity index (χ3v) is 4.41. The molecule has 1 atom stereocenters. The lowest BCUT2D eigenvalue weighted by molar-refractivity contribution is -0.121. The minimum absolute atomic E-state index is 0. The first kappa shape index (κ1) is 20.3. The van der Waals surface area contributed by atoms with Crippen molar-refractivity contribution in [2.75, 3.05) is 13.1 Å². The van der Waals surface area contributed by atoms with Crippen molar-refractivity contribution in [2.24, 2.45) is 0 Å². The van der Waals surface area contributed by atoms with Crippen LogP contribution in [0.15, 0.2) is 48.5 Å². The summed E-state index contributed by atoms with van der Waals surface area (Å²) in [6.07, 6.45) is 2.56. The molecule has 1 aliphatic heterocycles. The molecule has 0 bridgehead atoms. The summed E-state index contributed by atoms with van der Waals surface area (Å²) < 4.78 is 5.88. The predicted molar refractivity (Wildman–Crippen MR) is 107 cm³/mol. The van der Waals surface area contributed by atoms with E-state index in [1.807, 2.05) is 30.3 Å². The standard InChI is InChI=1S/C21H26N2O2.ClH/c1-16-5-2-7-18(11-16)15-25-20-9-3-6-17(12-20)13-21(24)23-19-8-4-10-22-14-19;/h2-3,5-7,9,11-12,19,22H,4,8,10,13-15H2,1H3,(H,23,24);1H/t19-;/m0./s1. The molecular weight excluding hydrogens is 348 g/mol. The summed E-state index contributed by atoms with van der Waals surface area (Å²) in [5, 5.41) is 6.42. The van der Waals surface area contributed by atoms with Gasteiger partial charge in [0.15, 0.2) is 0 Å². The molecule has 5 heteroatoms. The van der Waals surface area contributed by atoms with Gasteiger partial charge in [-0.3, -0.25) is 4.79 Å². The molecule has 1 fully saturated rings. The van der Waals surface area contributed by atoms with E-state index in [0.717, 1.165) is 42.8 Å². The highest BCUT2D eigenvalue weighted by Gasteiger charge is 2.15. The van der Waals surface area contributed by atoms with Crippen LogP contribution in [0.3, 0.4) is 0 Å². The molecule has 0 radical (unpaired) electrons. The molecule has 1 heterocycles. The van der Waals surface area contributed by atoms with Crippen molar-refractivity contribution >= 4 is 18.3 Å². The summed E-state index contributed by atoms with van der Waals surface area (Å²) in [6, 6.07) is 16.3. The first-order chi connectivity index (χ1) is 12.2. The second kappa shape index (κ2) is 10.2. The molecule has 2 aromatic rings. The van der Waals surface area contributed by atoms with E-state index in [1.165, 1.54) is 5.56 Å². The largest absolute Gasteiger partial charge is 0.489 e. The van der Waals surface area contributed by atoms with Crippen LogP contribution in [0.2, 0.25) is 0 Å². The van der Waals surface area contributed by atoms with E-state index in [4.69, 9.17) is 4.74 Å². The first-order valence-corrected chi connectivity index (χ1v) is 8.96. The Morgan fingerprint density at radius 2 is 2.00 bits per heavy atom. The molecular formula is C21H27ClN2O2. The maximum atomic E-state index is 12.2. The van der Waals surface area contributed by atoms with Crippen molar-refractivity contribution in [3.63, 3.8) is 0 Å². The molecule has 2 aromatic carbocycles. The minimum atomic E-state index is 0. The summed E-state index contributed by atoms with van der Waals surface area (Å²) in [7, 11) is 0. The molecule has 0 unspecified atom stereocenters. The zero-order valence-corrected chi connectivity index (χ0v) is 16.0. The highest BCUT2D eigenvalue weighted by molar-refractivity contribution is 5.85. The second-order valence-electron chi connectivity index (χ2n) is 6.71. The van der Waals surface area contributed by atoms with E-state index in [-0.39, 0.29) is 24.4 Å². The summed E-state index contributed by atoms with van der Waals surface area (Å²) in [6.45, 7) is 4.52.